The normalized spacial score (nSPS) is 11.2. The van der Waals surface area contributed by atoms with Crippen molar-refractivity contribution in [1.29, 1.82) is 0 Å². The predicted molar refractivity (Wildman–Crippen MR) is 70.9 cm³/mol. The highest BCUT2D eigenvalue weighted by Gasteiger charge is 2.55. The number of carboxylic acids is 3. The van der Waals surface area contributed by atoms with Crippen molar-refractivity contribution in [2.24, 2.45) is 5.41 Å². The second kappa shape index (κ2) is 5.87. The van der Waals surface area contributed by atoms with Gasteiger partial charge in [-0.25, -0.2) is 9.37 Å². The average Bonchev–Trinajstić information content (AvgIpc) is 2.92. The number of aliphatic carboxylic acids is 3. The minimum atomic E-state index is -3.07. The van der Waals surface area contributed by atoms with Crippen LogP contribution < -0.4 is 0 Å². The Balaban J connectivity index is 2.36. The van der Waals surface area contributed by atoms with Crippen LogP contribution in [-0.4, -0.2) is 38.2 Å². The maximum atomic E-state index is 12.8. The molecule has 0 aliphatic rings. The van der Waals surface area contributed by atoms with Crippen molar-refractivity contribution in [3.8, 4) is 11.5 Å². The number of carboxylic acid groups (broad SMARTS) is 3. The average molecular weight is 323 g/mol. The summed E-state index contributed by atoms with van der Waals surface area (Å²) in [7, 11) is 0. The molecule has 23 heavy (non-hydrogen) atoms. The van der Waals surface area contributed by atoms with Gasteiger partial charge in [0.2, 0.25) is 5.89 Å². The van der Waals surface area contributed by atoms with Crippen molar-refractivity contribution in [2.45, 2.75) is 6.42 Å². The van der Waals surface area contributed by atoms with Gasteiger partial charge >= 0.3 is 17.9 Å². The summed E-state index contributed by atoms with van der Waals surface area (Å²) < 4.78 is 17.9. The molecule has 0 aliphatic carbocycles. The van der Waals surface area contributed by atoms with Crippen LogP contribution in [0.1, 0.15) is 5.69 Å². The Morgan fingerprint density at radius 3 is 2.04 bits per heavy atom. The third-order valence-electron chi connectivity index (χ3n) is 3.18. The number of hydrogen-bond acceptors (Lipinski definition) is 5. The molecular formula is C14H10FNO7. The summed E-state index contributed by atoms with van der Waals surface area (Å²) in [6.07, 6.45) is 0.0555. The number of nitrogens with zero attached hydrogens (tertiary/aromatic N) is 1. The molecule has 0 atom stereocenters. The van der Waals surface area contributed by atoms with E-state index in [1.165, 1.54) is 12.1 Å². The fourth-order valence-corrected chi connectivity index (χ4v) is 1.89. The molecule has 8 nitrogen and oxygen atoms in total. The molecule has 1 aromatic heterocycles. The largest absolute Gasteiger partial charge is 0.480 e. The van der Waals surface area contributed by atoms with E-state index in [4.69, 9.17) is 19.7 Å². The summed E-state index contributed by atoms with van der Waals surface area (Å²) in [5.74, 6) is -6.58. The number of benzene rings is 1. The molecule has 0 fully saturated rings. The molecule has 0 radical (unpaired) electrons. The molecule has 1 heterocycles. The number of aromatic nitrogens is 1. The molecule has 0 amide bonds. The quantitative estimate of drug-likeness (QED) is 0.675. The maximum Gasteiger partial charge on any atom is 0.333 e. The molecule has 0 aliphatic heterocycles. The van der Waals surface area contributed by atoms with Crippen molar-refractivity contribution in [3.05, 3.63) is 42.0 Å². The maximum absolute atomic E-state index is 12.8. The SMILES string of the molecule is O=C(O)C(Cc1coc(-c2ccc(F)cc2)n1)(C(=O)O)C(=O)O. The second-order valence-electron chi connectivity index (χ2n) is 4.65. The third kappa shape index (κ3) is 2.89. The van der Waals surface area contributed by atoms with Gasteiger partial charge in [-0.15, -0.1) is 0 Å². The first-order valence-corrected chi connectivity index (χ1v) is 6.18. The Labute approximate surface area is 127 Å². The summed E-state index contributed by atoms with van der Waals surface area (Å²) in [6, 6.07) is 5.00. The van der Waals surface area contributed by atoms with E-state index in [9.17, 15) is 18.8 Å². The lowest BCUT2D eigenvalue weighted by atomic mass is 9.83. The Morgan fingerprint density at radius 2 is 1.57 bits per heavy atom. The van der Waals surface area contributed by atoms with Crippen LogP contribution in [0.3, 0.4) is 0 Å². The molecule has 0 unspecified atom stereocenters. The highest BCUT2D eigenvalue weighted by Crippen LogP contribution is 2.27. The van der Waals surface area contributed by atoms with Gasteiger partial charge < -0.3 is 19.7 Å². The van der Waals surface area contributed by atoms with Gasteiger partial charge in [-0.3, -0.25) is 14.4 Å². The van der Waals surface area contributed by atoms with Gasteiger partial charge in [0.15, 0.2) is 0 Å². The van der Waals surface area contributed by atoms with Crippen molar-refractivity contribution < 1.29 is 38.5 Å². The molecule has 0 saturated carbocycles. The lowest BCUT2D eigenvalue weighted by Crippen LogP contribution is -2.48. The molecule has 120 valence electrons. The molecule has 0 saturated heterocycles. The summed E-state index contributed by atoms with van der Waals surface area (Å²) >= 11 is 0. The number of carbonyl (C=O) groups is 3. The number of hydrogen-bond donors (Lipinski definition) is 3. The minimum Gasteiger partial charge on any atom is -0.480 e. The predicted octanol–water partition coefficient (Wildman–Crippen LogP) is 1.26. The summed E-state index contributed by atoms with van der Waals surface area (Å²) in [5, 5.41) is 27.1. The van der Waals surface area contributed by atoms with E-state index in [1.54, 1.807) is 0 Å². The molecule has 2 rings (SSSR count). The van der Waals surface area contributed by atoms with Gasteiger partial charge in [-0.2, -0.15) is 0 Å². The van der Waals surface area contributed by atoms with Crippen LogP contribution in [0.25, 0.3) is 11.5 Å². The second-order valence-corrected chi connectivity index (χ2v) is 4.65. The smallest absolute Gasteiger partial charge is 0.333 e. The standard InChI is InChI=1S/C14H10FNO7/c15-8-3-1-7(2-4-8)10-16-9(6-23-10)5-14(11(17)18,12(19)20)13(21)22/h1-4,6H,5H2,(H,17,18)(H,19,20)(H,21,22). The number of oxazole rings is 1. The van der Waals surface area contributed by atoms with Gasteiger partial charge in [0.1, 0.15) is 12.1 Å². The van der Waals surface area contributed by atoms with Gasteiger partial charge in [-0.05, 0) is 24.3 Å². The monoisotopic (exact) mass is 323 g/mol. The van der Waals surface area contributed by atoms with E-state index in [0.29, 0.717) is 5.56 Å². The zero-order valence-electron chi connectivity index (χ0n) is 11.4. The fourth-order valence-electron chi connectivity index (χ4n) is 1.89. The molecule has 0 bridgehead atoms. The topological polar surface area (TPSA) is 138 Å². The zero-order valence-corrected chi connectivity index (χ0v) is 11.4. The van der Waals surface area contributed by atoms with Gasteiger partial charge in [-0.1, -0.05) is 0 Å². The highest BCUT2D eigenvalue weighted by atomic mass is 19.1. The molecule has 2 aromatic rings. The van der Waals surface area contributed by atoms with E-state index in [0.717, 1.165) is 18.4 Å². The summed E-state index contributed by atoms with van der Waals surface area (Å²) in [4.78, 5) is 37.3. The van der Waals surface area contributed by atoms with Crippen LogP contribution >= 0.6 is 0 Å². The van der Waals surface area contributed by atoms with E-state index in [1.807, 2.05) is 0 Å². The van der Waals surface area contributed by atoms with E-state index in [-0.39, 0.29) is 11.6 Å². The van der Waals surface area contributed by atoms with E-state index < -0.39 is 35.6 Å². The van der Waals surface area contributed by atoms with Gasteiger partial charge in [0, 0.05) is 12.0 Å². The molecule has 0 spiro atoms. The van der Waals surface area contributed by atoms with Crippen molar-refractivity contribution >= 4 is 17.9 Å². The van der Waals surface area contributed by atoms with E-state index in [2.05, 4.69) is 4.98 Å². The highest BCUT2D eigenvalue weighted by molar-refractivity contribution is 6.16. The van der Waals surface area contributed by atoms with Gasteiger partial charge in [0.05, 0.1) is 5.69 Å². The van der Waals surface area contributed by atoms with E-state index >= 15 is 0 Å². The summed E-state index contributed by atoms with van der Waals surface area (Å²) in [6.45, 7) is 0. The Kier molecular flexibility index (Phi) is 4.12. The zero-order chi connectivity index (χ0) is 17.2. The number of halogens is 1. The molecular weight excluding hydrogens is 313 g/mol. The van der Waals surface area contributed by atoms with Crippen molar-refractivity contribution in [2.75, 3.05) is 0 Å². The Hall–Kier alpha value is -3.23. The van der Waals surface area contributed by atoms with Crippen LogP contribution in [0.2, 0.25) is 0 Å². The van der Waals surface area contributed by atoms with Crippen LogP contribution in [0.15, 0.2) is 34.9 Å². The fraction of sp³-hybridized carbons (Fsp3) is 0.143. The lowest BCUT2D eigenvalue weighted by Gasteiger charge is -2.18. The van der Waals surface area contributed by atoms with Crippen LogP contribution in [-0.2, 0) is 20.8 Å². The van der Waals surface area contributed by atoms with Crippen molar-refractivity contribution in [1.82, 2.24) is 4.98 Å². The first-order valence-electron chi connectivity index (χ1n) is 6.18. The van der Waals surface area contributed by atoms with Crippen LogP contribution in [0.4, 0.5) is 4.39 Å². The van der Waals surface area contributed by atoms with Crippen LogP contribution in [0.5, 0.6) is 0 Å². The summed E-state index contributed by atoms with van der Waals surface area (Å²) in [5.41, 5.74) is -2.88. The Bertz CT molecular complexity index is 730. The Morgan fingerprint density at radius 1 is 1.04 bits per heavy atom. The minimum absolute atomic E-state index is 0.0185. The van der Waals surface area contributed by atoms with Crippen LogP contribution in [0, 0.1) is 11.2 Å². The lowest BCUT2D eigenvalue weighted by molar-refractivity contribution is -0.175. The molecule has 3 N–H and O–H groups in total. The van der Waals surface area contributed by atoms with Crippen molar-refractivity contribution in [3.63, 3.8) is 0 Å². The third-order valence-corrected chi connectivity index (χ3v) is 3.18. The number of rotatable bonds is 6. The first kappa shape index (κ1) is 16.1. The molecule has 1 aromatic carbocycles. The molecule has 9 heteroatoms. The van der Waals surface area contributed by atoms with Gasteiger partial charge in [0.25, 0.3) is 5.41 Å². The first-order chi connectivity index (χ1) is 10.8.